The zero-order valence-corrected chi connectivity index (χ0v) is 20.4. The van der Waals surface area contributed by atoms with Gasteiger partial charge in [0.05, 0.1) is 18.6 Å². The van der Waals surface area contributed by atoms with E-state index in [2.05, 4.69) is 0 Å². The van der Waals surface area contributed by atoms with Gasteiger partial charge in [-0.05, 0) is 42.8 Å². The van der Waals surface area contributed by atoms with E-state index in [1.807, 2.05) is 0 Å². The quantitative estimate of drug-likeness (QED) is 0.269. The summed E-state index contributed by atoms with van der Waals surface area (Å²) in [7, 11) is 1.52. The Balaban J connectivity index is 1.75. The van der Waals surface area contributed by atoms with Crippen molar-refractivity contribution in [1.29, 1.82) is 0 Å². The summed E-state index contributed by atoms with van der Waals surface area (Å²) in [6, 6.07) is 10.5. The molecule has 1 fully saturated rings. The van der Waals surface area contributed by atoms with Gasteiger partial charge in [-0.1, -0.05) is 59.3 Å². The summed E-state index contributed by atoms with van der Waals surface area (Å²) >= 11 is 18.8. The van der Waals surface area contributed by atoms with Crippen LogP contribution in [0, 0.1) is 0 Å². The van der Waals surface area contributed by atoms with Crippen LogP contribution in [0.2, 0.25) is 10.0 Å². The van der Waals surface area contributed by atoms with Gasteiger partial charge in [-0.2, -0.15) is 0 Å². The van der Waals surface area contributed by atoms with Crippen molar-refractivity contribution < 1.29 is 23.8 Å². The molecule has 168 valence electrons. The Labute approximate surface area is 205 Å². The Hall–Kier alpha value is -2.26. The number of rotatable bonds is 8. The fourth-order valence-corrected chi connectivity index (χ4v) is 4.60. The zero-order valence-electron chi connectivity index (χ0n) is 17.2. The number of carbonyl (C=O) groups is 2. The van der Waals surface area contributed by atoms with E-state index in [1.54, 1.807) is 49.4 Å². The lowest BCUT2D eigenvalue weighted by Gasteiger charge is -2.13. The minimum Gasteiger partial charge on any atom is -0.493 e. The largest absolute Gasteiger partial charge is 0.493 e. The number of esters is 1. The smallest absolute Gasteiger partial charge is 0.326 e. The standard InChI is InChI=1S/C22H19Cl2NO5S2/c1-3-29-20(26)11-25-21(27)19(32-22(25)31)10-13-7-8-17(18(9-13)28-2)30-12-14-15(23)5-4-6-16(14)24/h4-10H,3,11-12H2,1-2H3/b19-10-. The molecule has 1 heterocycles. The first-order valence-electron chi connectivity index (χ1n) is 9.48. The molecule has 32 heavy (non-hydrogen) atoms. The van der Waals surface area contributed by atoms with Gasteiger partial charge in [0.2, 0.25) is 0 Å². The summed E-state index contributed by atoms with van der Waals surface area (Å²) in [5.74, 6) is 0.118. The molecule has 0 N–H and O–H groups in total. The lowest BCUT2D eigenvalue weighted by molar-refractivity contribution is -0.145. The zero-order chi connectivity index (χ0) is 23.3. The number of carbonyl (C=O) groups excluding carboxylic acids is 2. The molecule has 1 saturated heterocycles. The monoisotopic (exact) mass is 511 g/mol. The van der Waals surface area contributed by atoms with Crippen LogP contribution >= 0.6 is 47.2 Å². The van der Waals surface area contributed by atoms with Gasteiger partial charge in [0.1, 0.15) is 17.5 Å². The Morgan fingerprint density at radius 1 is 1.19 bits per heavy atom. The van der Waals surface area contributed by atoms with Crippen LogP contribution in [0.15, 0.2) is 41.3 Å². The van der Waals surface area contributed by atoms with E-state index in [1.165, 1.54) is 12.0 Å². The highest BCUT2D eigenvalue weighted by atomic mass is 35.5. The van der Waals surface area contributed by atoms with Crippen molar-refractivity contribution in [3.05, 3.63) is 62.5 Å². The van der Waals surface area contributed by atoms with E-state index in [0.29, 0.717) is 41.9 Å². The number of thiocarbonyl (C=S) groups is 1. The maximum atomic E-state index is 12.7. The van der Waals surface area contributed by atoms with Gasteiger partial charge < -0.3 is 14.2 Å². The lowest BCUT2D eigenvalue weighted by Crippen LogP contribution is -2.34. The number of halogens is 2. The van der Waals surface area contributed by atoms with E-state index in [-0.39, 0.29) is 25.7 Å². The van der Waals surface area contributed by atoms with Gasteiger partial charge >= 0.3 is 5.97 Å². The van der Waals surface area contributed by atoms with Crippen LogP contribution in [0.5, 0.6) is 11.5 Å². The van der Waals surface area contributed by atoms with Gasteiger partial charge in [0.25, 0.3) is 5.91 Å². The van der Waals surface area contributed by atoms with Crippen LogP contribution in [-0.4, -0.2) is 41.4 Å². The first kappa shape index (κ1) is 24.4. The maximum Gasteiger partial charge on any atom is 0.326 e. The second-order valence-corrected chi connectivity index (χ2v) is 8.96. The Morgan fingerprint density at radius 2 is 1.91 bits per heavy atom. The van der Waals surface area contributed by atoms with E-state index in [9.17, 15) is 9.59 Å². The minimum absolute atomic E-state index is 0.167. The molecule has 0 saturated carbocycles. The van der Waals surface area contributed by atoms with Crippen LogP contribution in [0.25, 0.3) is 6.08 Å². The molecule has 0 unspecified atom stereocenters. The molecule has 3 rings (SSSR count). The van der Waals surface area contributed by atoms with Crippen molar-refractivity contribution in [2.75, 3.05) is 20.3 Å². The van der Waals surface area contributed by atoms with Gasteiger partial charge in [0, 0.05) is 15.6 Å². The highest BCUT2D eigenvalue weighted by molar-refractivity contribution is 8.26. The van der Waals surface area contributed by atoms with Gasteiger partial charge in [-0.25, -0.2) is 0 Å². The molecule has 0 aromatic heterocycles. The number of hydrogen-bond acceptors (Lipinski definition) is 7. The highest BCUT2D eigenvalue weighted by Crippen LogP contribution is 2.35. The SMILES string of the molecule is CCOC(=O)CN1C(=O)/C(=C/c2ccc(OCc3c(Cl)cccc3Cl)c(OC)c2)SC1=S. The summed E-state index contributed by atoms with van der Waals surface area (Å²) in [5, 5.41) is 1.02. The van der Waals surface area contributed by atoms with Crippen molar-refractivity contribution in [3.8, 4) is 11.5 Å². The van der Waals surface area contributed by atoms with Crippen molar-refractivity contribution in [1.82, 2.24) is 4.90 Å². The molecule has 2 aromatic carbocycles. The third-order valence-electron chi connectivity index (χ3n) is 4.39. The molecule has 1 amide bonds. The number of amides is 1. The predicted molar refractivity (Wildman–Crippen MR) is 130 cm³/mol. The average Bonchev–Trinajstić information content (AvgIpc) is 3.01. The maximum absolute atomic E-state index is 12.7. The fraction of sp³-hybridized carbons (Fsp3) is 0.227. The van der Waals surface area contributed by atoms with E-state index >= 15 is 0 Å². The summed E-state index contributed by atoms with van der Waals surface area (Å²) in [6.07, 6.45) is 1.68. The third-order valence-corrected chi connectivity index (χ3v) is 6.47. The molecule has 0 atom stereocenters. The summed E-state index contributed by atoms with van der Waals surface area (Å²) in [5.41, 5.74) is 1.38. The minimum atomic E-state index is -0.508. The molecule has 0 radical (unpaired) electrons. The molecule has 6 nitrogen and oxygen atoms in total. The average molecular weight is 512 g/mol. The van der Waals surface area contributed by atoms with Crippen LogP contribution in [0.3, 0.4) is 0 Å². The van der Waals surface area contributed by atoms with E-state index in [4.69, 9.17) is 49.6 Å². The number of thioether (sulfide) groups is 1. The molecule has 1 aliphatic rings. The molecule has 10 heteroatoms. The second kappa shape index (κ2) is 11.0. The summed E-state index contributed by atoms with van der Waals surface area (Å²) in [6.45, 7) is 1.89. The molecular weight excluding hydrogens is 493 g/mol. The Morgan fingerprint density at radius 3 is 2.56 bits per heavy atom. The molecule has 0 bridgehead atoms. The predicted octanol–water partition coefficient (Wildman–Crippen LogP) is 5.35. The Bertz CT molecular complexity index is 1070. The van der Waals surface area contributed by atoms with Gasteiger partial charge in [0.15, 0.2) is 11.5 Å². The Kier molecular flexibility index (Phi) is 8.42. The van der Waals surface area contributed by atoms with Crippen molar-refractivity contribution in [2.45, 2.75) is 13.5 Å². The first-order valence-corrected chi connectivity index (χ1v) is 11.5. The van der Waals surface area contributed by atoms with Crippen LogP contribution in [-0.2, 0) is 20.9 Å². The first-order chi connectivity index (χ1) is 15.3. The molecule has 0 aliphatic carbocycles. The van der Waals surface area contributed by atoms with Crippen molar-refractivity contribution in [2.24, 2.45) is 0 Å². The van der Waals surface area contributed by atoms with Crippen molar-refractivity contribution >= 4 is 69.5 Å². The van der Waals surface area contributed by atoms with Crippen LogP contribution in [0.4, 0.5) is 0 Å². The van der Waals surface area contributed by atoms with E-state index in [0.717, 1.165) is 11.8 Å². The van der Waals surface area contributed by atoms with Gasteiger partial charge in [-0.3, -0.25) is 14.5 Å². The molecule has 1 aliphatic heterocycles. The van der Waals surface area contributed by atoms with E-state index < -0.39 is 5.97 Å². The number of ether oxygens (including phenoxy) is 3. The molecule has 2 aromatic rings. The summed E-state index contributed by atoms with van der Waals surface area (Å²) < 4.78 is 16.5. The highest BCUT2D eigenvalue weighted by Gasteiger charge is 2.33. The van der Waals surface area contributed by atoms with Gasteiger partial charge in [-0.15, -0.1) is 0 Å². The van der Waals surface area contributed by atoms with Crippen LogP contribution in [0.1, 0.15) is 18.1 Å². The number of methoxy groups -OCH3 is 1. The summed E-state index contributed by atoms with van der Waals surface area (Å²) in [4.78, 5) is 26.0. The fourth-order valence-electron chi connectivity index (χ4n) is 2.84. The lowest BCUT2D eigenvalue weighted by atomic mass is 10.1. The molecular formula is C22H19Cl2NO5S2. The third kappa shape index (κ3) is 5.75. The molecule has 0 spiro atoms. The topological polar surface area (TPSA) is 65.1 Å². The van der Waals surface area contributed by atoms with Crippen LogP contribution < -0.4 is 9.47 Å². The number of hydrogen-bond donors (Lipinski definition) is 0. The second-order valence-electron chi connectivity index (χ2n) is 6.47. The number of nitrogens with zero attached hydrogens (tertiary/aromatic N) is 1. The number of benzene rings is 2. The van der Waals surface area contributed by atoms with Crippen molar-refractivity contribution in [3.63, 3.8) is 0 Å². The normalized spacial score (nSPS) is 14.8.